The summed E-state index contributed by atoms with van der Waals surface area (Å²) >= 11 is 0. The zero-order chi connectivity index (χ0) is 25.9. The molecule has 0 saturated heterocycles. The van der Waals surface area contributed by atoms with Gasteiger partial charge in [-0.3, -0.25) is 4.98 Å². The highest BCUT2D eigenvalue weighted by molar-refractivity contribution is 6.12. The van der Waals surface area contributed by atoms with Crippen molar-refractivity contribution in [2.45, 2.75) is 34.0 Å². The quantitative estimate of drug-likeness (QED) is 0.299. The molecule has 0 saturated carbocycles. The zero-order valence-electron chi connectivity index (χ0n) is 22.9. The number of hydrogen-bond acceptors (Lipinski definition) is 2. The van der Waals surface area contributed by atoms with Crippen LogP contribution in [0.4, 0.5) is 0 Å². The van der Waals surface area contributed by atoms with Crippen molar-refractivity contribution in [1.29, 1.82) is 0 Å². The Balaban J connectivity index is 1.69. The number of aromatic nitrogens is 1. The summed E-state index contributed by atoms with van der Waals surface area (Å²) in [6, 6.07) is 22.2. The lowest BCUT2D eigenvalue weighted by atomic mass is 9.88. The van der Waals surface area contributed by atoms with E-state index in [9.17, 15) is 0 Å². The average molecular weight is 411 g/mol. The fraction of sp³-hybridized carbons (Fsp3) is 0.207. The van der Waals surface area contributed by atoms with E-state index in [4.69, 9.17) is 11.3 Å². The molecule has 0 atom stereocenters. The van der Waals surface area contributed by atoms with Gasteiger partial charge in [0.1, 0.15) is 11.2 Å². The monoisotopic (exact) mass is 410 g/mol. The van der Waals surface area contributed by atoms with Gasteiger partial charge >= 0.3 is 0 Å². The number of rotatable bonds is 3. The van der Waals surface area contributed by atoms with Crippen molar-refractivity contribution in [3.8, 4) is 22.4 Å². The van der Waals surface area contributed by atoms with Crippen LogP contribution in [0.1, 0.15) is 38.8 Å². The maximum Gasteiger partial charge on any atom is 0.136 e. The standard InChI is InChI=1S/C29H27NO/c1-19-12-14-21(25-15-13-20(18-30-25)17-29(2,3)4)16-24(19)22-9-7-11-27-28(22)23-8-5-6-10-26(23)31-27/h5-16,18H,17H2,1-4H3/i1D3,17D2. The van der Waals surface area contributed by atoms with E-state index < -0.39 is 18.6 Å². The smallest absolute Gasteiger partial charge is 0.136 e. The van der Waals surface area contributed by atoms with Crippen molar-refractivity contribution in [2.75, 3.05) is 0 Å². The Morgan fingerprint density at radius 1 is 0.903 bits per heavy atom. The van der Waals surface area contributed by atoms with Crippen LogP contribution >= 0.6 is 0 Å². The van der Waals surface area contributed by atoms with E-state index in [0.717, 1.165) is 27.5 Å². The molecule has 0 N–H and O–H groups in total. The second kappa shape index (κ2) is 7.39. The number of pyridine rings is 1. The first-order chi connectivity index (χ1) is 16.9. The first kappa shape index (κ1) is 14.6. The summed E-state index contributed by atoms with van der Waals surface area (Å²) in [6.45, 7) is 3.28. The van der Waals surface area contributed by atoms with Gasteiger partial charge in [0, 0.05) is 29.4 Å². The number of para-hydroxylation sites is 1. The normalized spacial score (nSPS) is 15.3. The van der Waals surface area contributed by atoms with Gasteiger partial charge in [0.2, 0.25) is 0 Å². The van der Waals surface area contributed by atoms with E-state index in [-0.39, 0.29) is 5.56 Å². The molecule has 3 aromatic carbocycles. The Morgan fingerprint density at radius 3 is 2.52 bits per heavy atom. The molecule has 31 heavy (non-hydrogen) atoms. The van der Waals surface area contributed by atoms with Gasteiger partial charge in [0.25, 0.3) is 0 Å². The van der Waals surface area contributed by atoms with Gasteiger partial charge in [-0.1, -0.05) is 69.3 Å². The van der Waals surface area contributed by atoms with Gasteiger partial charge < -0.3 is 4.42 Å². The molecule has 2 aromatic heterocycles. The Labute approximate surface area is 190 Å². The van der Waals surface area contributed by atoms with Crippen LogP contribution in [-0.4, -0.2) is 4.98 Å². The minimum absolute atomic E-state index is 0.254. The average Bonchev–Trinajstić information content (AvgIpc) is 3.21. The molecule has 2 heterocycles. The number of nitrogens with zero attached hydrogens (tertiary/aromatic N) is 1. The summed E-state index contributed by atoms with van der Waals surface area (Å²) in [5.41, 5.74) is 4.40. The van der Waals surface area contributed by atoms with Crippen molar-refractivity contribution in [3.63, 3.8) is 0 Å². The molecule has 2 heteroatoms. The highest BCUT2D eigenvalue weighted by Crippen LogP contribution is 2.38. The van der Waals surface area contributed by atoms with Crippen molar-refractivity contribution in [3.05, 3.63) is 90.1 Å². The highest BCUT2D eigenvalue weighted by Gasteiger charge is 2.15. The third-order valence-corrected chi connectivity index (χ3v) is 5.29. The van der Waals surface area contributed by atoms with Crippen molar-refractivity contribution in [1.82, 2.24) is 4.98 Å². The molecule has 0 unspecified atom stereocenters. The van der Waals surface area contributed by atoms with E-state index in [1.807, 2.05) is 69.3 Å². The summed E-state index contributed by atoms with van der Waals surface area (Å²) in [5.74, 6) is 0. The van der Waals surface area contributed by atoms with Crippen molar-refractivity contribution < 1.29 is 11.3 Å². The Hall–Kier alpha value is -3.39. The van der Waals surface area contributed by atoms with Crippen LogP contribution in [0.5, 0.6) is 0 Å². The number of benzene rings is 3. The summed E-state index contributed by atoms with van der Waals surface area (Å²) < 4.78 is 47.6. The molecule has 154 valence electrons. The van der Waals surface area contributed by atoms with Crippen LogP contribution in [0.2, 0.25) is 0 Å². The fourth-order valence-corrected chi connectivity index (χ4v) is 4.00. The van der Waals surface area contributed by atoms with Gasteiger partial charge in [0.15, 0.2) is 0 Å². The predicted octanol–water partition coefficient (Wildman–Crippen LogP) is 8.21. The van der Waals surface area contributed by atoms with E-state index in [2.05, 4.69) is 4.98 Å². The highest BCUT2D eigenvalue weighted by atomic mass is 16.3. The Kier molecular flexibility index (Phi) is 3.48. The molecular formula is C29H27NO. The van der Waals surface area contributed by atoms with Crippen LogP contribution in [0.25, 0.3) is 44.3 Å². The minimum Gasteiger partial charge on any atom is -0.456 e. The second-order valence-electron chi connectivity index (χ2n) is 8.84. The Bertz CT molecular complexity index is 1570. The molecule has 0 spiro atoms. The second-order valence-corrected chi connectivity index (χ2v) is 8.84. The number of aryl methyl sites for hydroxylation is 1. The molecule has 0 aliphatic heterocycles. The molecule has 5 rings (SSSR count). The molecule has 0 fully saturated rings. The maximum atomic E-state index is 8.52. The van der Waals surface area contributed by atoms with Gasteiger partial charge in [-0.25, -0.2) is 0 Å². The van der Waals surface area contributed by atoms with Gasteiger partial charge in [-0.05, 0) is 65.2 Å². The number of fused-ring (bicyclic) bond motifs is 3. The summed E-state index contributed by atoms with van der Waals surface area (Å²) in [5, 5.41) is 1.80. The number of hydrogen-bond donors (Lipinski definition) is 0. The predicted molar refractivity (Wildman–Crippen MR) is 130 cm³/mol. The SMILES string of the molecule is [2H]C([2H])([2H])c1ccc(-c2ccc(C([2H])([2H])C(C)(C)C)cn2)cc1-c1cccc2oc3ccccc3c12. The molecule has 0 bridgehead atoms. The maximum absolute atomic E-state index is 8.52. The third kappa shape index (κ3) is 3.74. The fourth-order valence-electron chi connectivity index (χ4n) is 4.00. The van der Waals surface area contributed by atoms with Crippen LogP contribution < -0.4 is 0 Å². The first-order valence-electron chi connectivity index (χ1n) is 12.9. The lowest BCUT2D eigenvalue weighted by Crippen LogP contribution is -2.09. The summed E-state index contributed by atoms with van der Waals surface area (Å²) in [7, 11) is 0. The molecule has 0 aliphatic carbocycles. The van der Waals surface area contributed by atoms with Crippen LogP contribution in [0.3, 0.4) is 0 Å². The van der Waals surface area contributed by atoms with Gasteiger partial charge in [0.05, 0.1) is 5.69 Å². The van der Waals surface area contributed by atoms with Crippen LogP contribution in [-0.2, 0) is 6.37 Å². The lowest BCUT2D eigenvalue weighted by molar-refractivity contribution is 0.411. The molecule has 2 nitrogen and oxygen atoms in total. The summed E-state index contributed by atoms with van der Waals surface area (Å²) in [6.07, 6.45) is 0.0228. The van der Waals surface area contributed by atoms with Crippen LogP contribution in [0, 0.1) is 12.3 Å². The molecule has 5 aromatic rings. The minimum atomic E-state index is -2.31. The van der Waals surface area contributed by atoms with Gasteiger partial charge in [-0.2, -0.15) is 0 Å². The lowest BCUT2D eigenvalue weighted by Gasteiger charge is -2.18. The molecule has 0 amide bonds. The molecule has 0 aliphatic rings. The van der Waals surface area contributed by atoms with Gasteiger partial charge in [-0.15, -0.1) is 0 Å². The largest absolute Gasteiger partial charge is 0.456 e. The summed E-state index contributed by atoms with van der Waals surface area (Å²) in [4.78, 5) is 4.56. The topological polar surface area (TPSA) is 26.0 Å². The number of furan rings is 1. The first-order valence-corrected chi connectivity index (χ1v) is 10.4. The van der Waals surface area contributed by atoms with Crippen LogP contribution in [0.15, 0.2) is 83.4 Å². The molecule has 0 radical (unpaired) electrons. The van der Waals surface area contributed by atoms with E-state index in [1.165, 1.54) is 0 Å². The third-order valence-electron chi connectivity index (χ3n) is 5.29. The van der Waals surface area contributed by atoms with Crippen molar-refractivity contribution >= 4 is 21.9 Å². The van der Waals surface area contributed by atoms with E-state index in [0.29, 0.717) is 22.4 Å². The Morgan fingerprint density at radius 2 is 1.74 bits per heavy atom. The van der Waals surface area contributed by atoms with E-state index in [1.54, 1.807) is 30.5 Å². The van der Waals surface area contributed by atoms with E-state index >= 15 is 0 Å². The van der Waals surface area contributed by atoms with Crippen molar-refractivity contribution in [2.24, 2.45) is 5.41 Å². The molecular weight excluding hydrogens is 378 g/mol. The zero-order valence-corrected chi connectivity index (χ0v) is 17.9.